The molecule has 0 saturated carbocycles. The molecule has 0 aromatic carbocycles. The van der Waals surface area contributed by atoms with E-state index in [1.165, 1.54) is 0 Å². The minimum Gasteiger partial charge on any atom is -0.377 e. The van der Waals surface area contributed by atoms with Crippen molar-refractivity contribution in [3.05, 3.63) is 35.7 Å². The van der Waals surface area contributed by atoms with Crippen LogP contribution in [0.2, 0.25) is 0 Å². The summed E-state index contributed by atoms with van der Waals surface area (Å²) >= 11 is 0. The van der Waals surface area contributed by atoms with Crippen LogP contribution in [0.15, 0.2) is 23.0 Å². The molecule has 2 rings (SSSR count). The van der Waals surface area contributed by atoms with Gasteiger partial charge in [0.2, 0.25) is 0 Å². The van der Waals surface area contributed by atoms with E-state index in [-0.39, 0.29) is 0 Å². The van der Waals surface area contributed by atoms with Gasteiger partial charge in [0.15, 0.2) is 5.76 Å². The quantitative estimate of drug-likeness (QED) is 0.768. The third-order valence-electron chi connectivity index (χ3n) is 2.50. The van der Waals surface area contributed by atoms with E-state index in [2.05, 4.69) is 21.6 Å². The van der Waals surface area contributed by atoms with Crippen LogP contribution in [0.5, 0.6) is 0 Å². The summed E-state index contributed by atoms with van der Waals surface area (Å²) < 4.78 is 12.2. The van der Waals surface area contributed by atoms with Gasteiger partial charge in [0.1, 0.15) is 18.1 Å². The number of aromatic nitrogens is 3. The van der Waals surface area contributed by atoms with Gasteiger partial charge in [-0.05, 0) is 6.42 Å². The SMILES string of the molecule is CCCc1nccn1Cc1cc(COC)on1. The summed E-state index contributed by atoms with van der Waals surface area (Å²) in [5, 5.41) is 4.01. The van der Waals surface area contributed by atoms with E-state index in [9.17, 15) is 0 Å². The molecule has 0 bridgehead atoms. The van der Waals surface area contributed by atoms with Crippen LogP contribution in [-0.4, -0.2) is 21.8 Å². The van der Waals surface area contributed by atoms with Crippen molar-refractivity contribution in [2.24, 2.45) is 0 Å². The molecular formula is C12H17N3O2. The first-order valence-electron chi connectivity index (χ1n) is 5.77. The average molecular weight is 235 g/mol. The first-order chi connectivity index (χ1) is 8.33. The fourth-order valence-electron chi connectivity index (χ4n) is 1.75. The number of rotatable bonds is 6. The summed E-state index contributed by atoms with van der Waals surface area (Å²) in [5.74, 6) is 1.84. The second-order valence-corrected chi connectivity index (χ2v) is 3.94. The minimum atomic E-state index is 0.457. The van der Waals surface area contributed by atoms with Gasteiger partial charge in [-0.25, -0.2) is 4.98 Å². The fourth-order valence-corrected chi connectivity index (χ4v) is 1.75. The number of imidazole rings is 1. The maximum atomic E-state index is 5.14. The van der Waals surface area contributed by atoms with Gasteiger partial charge in [0, 0.05) is 32.0 Å². The van der Waals surface area contributed by atoms with Crippen molar-refractivity contribution in [2.75, 3.05) is 7.11 Å². The maximum absolute atomic E-state index is 5.14. The minimum absolute atomic E-state index is 0.457. The third-order valence-corrected chi connectivity index (χ3v) is 2.50. The molecule has 0 atom stereocenters. The van der Waals surface area contributed by atoms with Crippen LogP contribution in [-0.2, 0) is 24.3 Å². The van der Waals surface area contributed by atoms with Gasteiger partial charge in [0.05, 0.1) is 6.54 Å². The van der Waals surface area contributed by atoms with E-state index in [0.717, 1.165) is 30.1 Å². The monoisotopic (exact) mass is 235 g/mol. The van der Waals surface area contributed by atoms with Crippen molar-refractivity contribution in [3.63, 3.8) is 0 Å². The Morgan fingerprint density at radius 3 is 3.12 bits per heavy atom. The van der Waals surface area contributed by atoms with Crippen LogP contribution < -0.4 is 0 Å². The Hall–Kier alpha value is -1.62. The summed E-state index contributed by atoms with van der Waals surface area (Å²) in [5.41, 5.74) is 0.896. The smallest absolute Gasteiger partial charge is 0.162 e. The summed E-state index contributed by atoms with van der Waals surface area (Å²) in [4.78, 5) is 4.33. The second-order valence-electron chi connectivity index (χ2n) is 3.94. The summed E-state index contributed by atoms with van der Waals surface area (Å²) in [6.07, 6.45) is 5.86. The molecule has 92 valence electrons. The van der Waals surface area contributed by atoms with Crippen LogP contribution in [0.25, 0.3) is 0 Å². The van der Waals surface area contributed by atoms with Gasteiger partial charge in [-0.1, -0.05) is 12.1 Å². The fraction of sp³-hybridized carbons (Fsp3) is 0.500. The number of ether oxygens (including phenoxy) is 1. The molecule has 2 heterocycles. The first kappa shape index (κ1) is 11.9. The zero-order valence-electron chi connectivity index (χ0n) is 10.2. The average Bonchev–Trinajstić information content (AvgIpc) is 2.91. The zero-order valence-corrected chi connectivity index (χ0v) is 10.2. The molecule has 5 heteroatoms. The molecule has 0 unspecified atom stereocenters. The Balaban J connectivity index is 2.05. The lowest BCUT2D eigenvalue weighted by Gasteiger charge is -2.03. The molecule has 0 N–H and O–H groups in total. The van der Waals surface area contributed by atoms with Crippen molar-refractivity contribution in [1.82, 2.24) is 14.7 Å². The highest BCUT2D eigenvalue weighted by Gasteiger charge is 2.07. The Labute approximate surface area is 100 Å². The third kappa shape index (κ3) is 2.94. The molecular weight excluding hydrogens is 218 g/mol. The Bertz CT molecular complexity index is 462. The molecule has 17 heavy (non-hydrogen) atoms. The number of nitrogens with zero attached hydrogens (tertiary/aromatic N) is 3. The van der Waals surface area contributed by atoms with Gasteiger partial charge in [-0.15, -0.1) is 0 Å². The van der Waals surface area contributed by atoms with Gasteiger partial charge in [-0.3, -0.25) is 0 Å². The van der Waals surface area contributed by atoms with E-state index in [4.69, 9.17) is 9.26 Å². The Morgan fingerprint density at radius 2 is 2.35 bits per heavy atom. The van der Waals surface area contributed by atoms with E-state index >= 15 is 0 Å². The molecule has 0 radical (unpaired) electrons. The number of hydrogen-bond acceptors (Lipinski definition) is 4. The van der Waals surface area contributed by atoms with E-state index in [1.54, 1.807) is 7.11 Å². The van der Waals surface area contributed by atoms with E-state index in [1.807, 2.05) is 18.5 Å². The van der Waals surface area contributed by atoms with E-state index < -0.39 is 0 Å². The standard InChI is InChI=1S/C12H17N3O2/c1-3-4-12-13-5-6-15(12)8-10-7-11(9-16-2)17-14-10/h5-7H,3-4,8-9H2,1-2H3. The number of methoxy groups -OCH3 is 1. The molecule has 5 nitrogen and oxygen atoms in total. The van der Waals surface area contributed by atoms with Gasteiger partial charge in [-0.2, -0.15) is 0 Å². The van der Waals surface area contributed by atoms with Crippen molar-refractivity contribution < 1.29 is 9.26 Å². The Morgan fingerprint density at radius 1 is 1.47 bits per heavy atom. The molecule has 2 aromatic rings. The summed E-state index contributed by atoms with van der Waals surface area (Å²) in [7, 11) is 1.64. The van der Waals surface area contributed by atoms with Crippen molar-refractivity contribution >= 4 is 0 Å². The molecule has 0 saturated heterocycles. The summed E-state index contributed by atoms with van der Waals surface area (Å²) in [6, 6.07) is 1.92. The topological polar surface area (TPSA) is 53.1 Å². The second kappa shape index (κ2) is 5.63. The molecule has 0 spiro atoms. The zero-order chi connectivity index (χ0) is 12.1. The number of hydrogen-bond donors (Lipinski definition) is 0. The van der Waals surface area contributed by atoms with Crippen molar-refractivity contribution in [1.29, 1.82) is 0 Å². The first-order valence-corrected chi connectivity index (χ1v) is 5.77. The lowest BCUT2D eigenvalue weighted by Crippen LogP contribution is -2.04. The molecule has 0 amide bonds. The lowest BCUT2D eigenvalue weighted by atomic mass is 10.3. The number of aryl methyl sites for hydroxylation is 1. The van der Waals surface area contributed by atoms with Crippen molar-refractivity contribution in [2.45, 2.75) is 32.9 Å². The highest BCUT2D eigenvalue weighted by atomic mass is 16.5. The van der Waals surface area contributed by atoms with Crippen molar-refractivity contribution in [3.8, 4) is 0 Å². The molecule has 0 aliphatic carbocycles. The van der Waals surface area contributed by atoms with E-state index in [0.29, 0.717) is 13.2 Å². The predicted octanol–water partition coefficient (Wildman–Crippen LogP) is 2.02. The van der Waals surface area contributed by atoms with Crippen LogP contribution in [0.4, 0.5) is 0 Å². The normalized spacial score (nSPS) is 10.9. The lowest BCUT2D eigenvalue weighted by molar-refractivity contribution is 0.155. The molecule has 0 aliphatic heterocycles. The predicted molar refractivity (Wildman–Crippen MR) is 62.5 cm³/mol. The van der Waals surface area contributed by atoms with Crippen LogP contribution in [0, 0.1) is 0 Å². The highest BCUT2D eigenvalue weighted by Crippen LogP contribution is 2.09. The van der Waals surface area contributed by atoms with Gasteiger partial charge >= 0.3 is 0 Å². The molecule has 2 aromatic heterocycles. The maximum Gasteiger partial charge on any atom is 0.162 e. The Kier molecular flexibility index (Phi) is 3.93. The highest BCUT2D eigenvalue weighted by molar-refractivity contribution is 5.07. The van der Waals surface area contributed by atoms with Crippen LogP contribution >= 0.6 is 0 Å². The summed E-state index contributed by atoms with van der Waals surface area (Å²) in [6.45, 7) is 3.30. The largest absolute Gasteiger partial charge is 0.377 e. The van der Waals surface area contributed by atoms with Gasteiger partial charge in [0.25, 0.3) is 0 Å². The van der Waals surface area contributed by atoms with Gasteiger partial charge < -0.3 is 13.8 Å². The van der Waals surface area contributed by atoms with Crippen LogP contribution in [0.3, 0.4) is 0 Å². The molecule has 0 aliphatic rings. The van der Waals surface area contributed by atoms with Crippen LogP contribution in [0.1, 0.15) is 30.6 Å². The molecule has 0 fully saturated rings.